The van der Waals surface area contributed by atoms with Crippen LogP contribution in [0.1, 0.15) is 65.9 Å². The lowest BCUT2D eigenvalue weighted by Crippen LogP contribution is -2.40. The van der Waals surface area contributed by atoms with Gasteiger partial charge < -0.3 is 15.0 Å². The zero-order valence-corrected chi connectivity index (χ0v) is 19.2. The van der Waals surface area contributed by atoms with Gasteiger partial charge in [-0.15, -0.1) is 0 Å². The van der Waals surface area contributed by atoms with Gasteiger partial charge in [0.15, 0.2) is 0 Å². The Morgan fingerprint density at radius 1 is 1.29 bits per heavy atom. The summed E-state index contributed by atoms with van der Waals surface area (Å²) in [5.41, 5.74) is 2.16. The lowest BCUT2D eigenvalue weighted by Gasteiger charge is -2.38. The van der Waals surface area contributed by atoms with Crippen molar-refractivity contribution in [1.29, 1.82) is 0 Å². The van der Waals surface area contributed by atoms with Crippen molar-refractivity contribution < 1.29 is 4.74 Å². The molecule has 0 aliphatic carbocycles. The van der Waals surface area contributed by atoms with Crippen LogP contribution in [-0.2, 0) is 11.2 Å². The summed E-state index contributed by atoms with van der Waals surface area (Å²) in [7, 11) is 1.92. The third-order valence-corrected chi connectivity index (χ3v) is 7.24. The molecule has 0 aromatic carbocycles. The fourth-order valence-electron chi connectivity index (χ4n) is 4.04. The van der Waals surface area contributed by atoms with Crippen molar-refractivity contribution in [2.24, 2.45) is 16.7 Å². The molecule has 4 nitrogen and oxygen atoms in total. The second-order valence-electron chi connectivity index (χ2n) is 9.77. The molecule has 1 atom stereocenters. The number of anilines is 1. The first-order chi connectivity index (χ1) is 13.3. The highest BCUT2D eigenvalue weighted by Gasteiger charge is 2.28. The van der Waals surface area contributed by atoms with Crippen LogP contribution in [0.3, 0.4) is 0 Å². The van der Waals surface area contributed by atoms with Gasteiger partial charge in [-0.1, -0.05) is 41.0 Å². The van der Waals surface area contributed by atoms with Crippen LogP contribution >= 0.6 is 0 Å². The number of nitrogens with zero attached hydrogens (tertiary/aromatic N) is 2. The average molecular weight is 390 g/mol. The summed E-state index contributed by atoms with van der Waals surface area (Å²) in [6, 6.07) is 4.29. The maximum atomic E-state index is 6.01. The van der Waals surface area contributed by atoms with Crippen molar-refractivity contribution in [3.05, 3.63) is 23.9 Å². The van der Waals surface area contributed by atoms with Crippen LogP contribution in [0.5, 0.6) is 0 Å². The summed E-state index contributed by atoms with van der Waals surface area (Å²) in [6.07, 6.45) is 8.05. The normalized spacial score (nSPS) is 18.8. The lowest BCUT2D eigenvalue weighted by molar-refractivity contribution is 0.0557. The van der Waals surface area contributed by atoms with Crippen molar-refractivity contribution in [1.82, 2.24) is 9.88 Å². The first kappa shape index (κ1) is 23.2. The zero-order chi connectivity index (χ0) is 20.6. The summed E-state index contributed by atoms with van der Waals surface area (Å²) in [5.74, 6) is 1.56. The van der Waals surface area contributed by atoms with E-state index in [1.807, 2.05) is 13.2 Å². The molecule has 1 N–H and O–H groups in total. The van der Waals surface area contributed by atoms with E-state index in [9.17, 15) is 0 Å². The molecular formula is C24H43N3O. The minimum absolute atomic E-state index is 0.243. The van der Waals surface area contributed by atoms with Gasteiger partial charge in [0.05, 0.1) is 6.61 Å². The topological polar surface area (TPSA) is 37.4 Å². The first-order valence-corrected chi connectivity index (χ1v) is 11.2. The molecule has 1 saturated heterocycles. The van der Waals surface area contributed by atoms with Crippen molar-refractivity contribution in [2.75, 3.05) is 45.2 Å². The van der Waals surface area contributed by atoms with Crippen molar-refractivity contribution in [3.8, 4) is 0 Å². The smallest absolute Gasteiger partial charge is 0.125 e. The highest BCUT2D eigenvalue weighted by molar-refractivity contribution is 5.36. The number of rotatable bonds is 11. The predicted molar refractivity (Wildman–Crippen MR) is 120 cm³/mol. The van der Waals surface area contributed by atoms with E-state index >= 15 is 0 Å². The Kier molecular flexibility index (Phi) is 8.76. The fourth-order valence-corrected chi connectivity index (χ4v) is 4.04. The second-order valence-corrected chi connectivity index (χ2v) is 9.77. The Morgan fingerprint density at radius 3 is 2.64 bits per heavy atom. The van der Waals surface area contributed by atoms with E-state index in [2.05, 4.69) is 62.0 Å². The van der Waals surface area contributed by atoms with E-state index in [0.717, 1.165) is 38.4 Å². The number of aromatic nitrogens is 1. The molecule has 2 heterocycles. The van der Waals surface area contributed by atoms with Gasteiger partial charge in [0.2, 0.25) is 0 Å². The third-order valence-electron chi connectivity index (χ3n) is 7.24. The van der Waals surface area contributed by atoms with E-state index in [0.29, 0.717) is 11.3 Å². The first-order valence-electron chi connectivity index (χ1n) is 11.2. The number of hydrogen-bond donors (Lipinski definition) is 1. The number of piperidine rings is 1. The van der Waals surface area contributed by atoms with Gasteiger partial charge in [-0.2, -0.15) is 0 Å². The van der Waals surface area contributed by atoms with E-state index in [-0.39, 0.29) is 5.41 Å². The summed E-state index contributed by atoms with van der Waals surface area (Å²) in [6.45, 7) is 17.2. The molecule has 2 rings (SSSR count). The van der Waals surface area contributed by atoms with Crippen LogP contribution in [-0.4, -0.2) is 49.8 Å². The van der Waals surface area contributed by atoms with Crippen molar-refractivity contribution in [3.63, 3.8) is 0 Å². The van der Waals surface area contributed by atoms with Crippen LogP contribution in [0.4, 0.5) is 5.82 Å². The minimum atomic E-state index is 0.243. The van der Waals surface area contributed by atoms with E-state index in [1.54, 1.807) is 0 Å². The van der Waals surface area contributed by atoms with Crippen LogP contribution in [0, 0.1) is 16.7 Å². The van der Waals surface area contributed by atoms with Crippen LogP contribution in [0.15, 0.2) is 18.3 Å². The van der Waals surface area contributed by atoms with Crippen molar-refractivity contribution in [2.45, 2.75) is 66.7 Å². The summed E-state index contributed by atoms with van der Waals surface area (Å²) < 4.78 is 6.01. The van der Waals surface area contributed by atoms with Gasteiger partial charge in [-0.3, -0.25) is 0 Å². The highest BCUT2D eigenvalue weighted by Crippen LogP contribution is 2.34. The Bertz CT molecular complexity index is 579. The molecular weight excluding hydrogens is 346 g/mol. The fraction of sp³-hybridized carbons (Fsp3) is 0.792. The molecule has 1 unspecified atom stereocenters. The molecule has 1 aromatic heterocycles. The SMILES string of the molecule is CCC1(C)CCN(CCOCCC(C)C(C)(C)Cc2ccnc(NC)c2)CC1. The van der Waals surface area contributed by atoms with E-state index in [1.165, 1.54) is 37.9 Å². The highest BCUT2D eigenvalue weighted by atomic mass is 16.5. The van der Waals surface area contributed by atoms with Crippen LogP contribution in [0.25, 0.3) is 0 Å². The molecule has 4 heteroatoms. The number of nitrogens with one attached hydrogen (secondary N) is 1. The molecule has 1 aromatic rings. The second kappa shape index (κ2) is 10.6. The number of likely N-dealkylation sites (tertiary alicyclic amines) is 1. The van der Waals surface area contributed by atoms with Gasteiger partial charge >= 0.3 is 0 Å². The third kappa shape index (κ3) is 7.04. The zero-order valence-electron chi connectivity index (χ0n) is 19.2. The minimum Gasteiger partial charge on any atom is -0.380 e. The molecule has 1 aliphatic rings. The predicted octanol–water partition coefficient (Wildman–Crippen LogP) is 5.25. The van der Waals surface area contributed by atoms with E-state index < -0.39 is 0 Å². The molecule has 0 radical (unpaired) electrons. The van der Waals surface area contributed by atoms with Crippen LogP contribution < -0.4 is 5.32 Å². The lowest BCUT2D eigenvalue weighted by atomic mass is 9.74. The van der Waals surface area contributed by atoms with Crippen molar-refractivity contribution >= 4 is 5.82 Å². The maximum Gasteiger partial charge on any atom is 0.125 e. The van der Waals surface area contributed by atoms with Gasteiger partial charge in [0.1, 0.15) is 5.82 Å². The Balaban J connectivity index is 1.65. The van der Waals surface area contributed by atoms with Gasteiger partial charge in [0, 0.05) is 26.4 Å². The maximum absolute atomic E-state index is 6.01. The molecule has 0 saturated carbocycles. The van der Waals surface area contributed by atoms with Gasteiger partial charge in [0.25, 0.3) is 0 Å². The number of pyridine rings is 1. The summed E-state index contributed by atoms with van der Waals surface area (Å²) in [5, 5.41) is 3.13. The van der Waals surface area contributed by atoms with E-state index in [4.69, 9.17) is 4.74 Å². The molecule has 1 aliphatic heterocycles. The molecule has 160 valence electrons. The monoisotopic (exact) mass is 389 g/mol. The number of hydrogen-bond acceptors (Lipinski definition) is 4. The van der Waals surface area contributed by atoms with Gasteiger partial charge in [-0.05, 0) is 73.2 Å². The Morgan fingerprint density at radius 2 is 2.00 bits per heavy atom. The molecule has 0 spiro atoms. The Labute approximate surface area is 173 Å². The molecule has 0 amide bonds. The number of ether oxygens (including phenoxy) is 1. The molecule has 0 bridgehead atoms. The molecule has 1 fully saturated rings. The quantitative estimate of drug-likeness (QED) is 0.525. The van der Waals surface area contributed by atoms with Crippen LogP contribution in [0.2, 0.25) is 0 Å². The summed E-state index contributed by atoms with van der Waals surface area (Å²) >= 11 is 0. The standard InChI is InChI=1S/C24H43N3O/c1-7-24(5)10-13-27(14-11-24)15-17-28-16-9-20(2)23(3,4)19-21-8-12-26-22(18-21)25-6/h8,12,18,20H,7,9-11,13-17,19H2,1-6H3,(H,25,26). The molecule has 28 heavy (non-hydrogen) atoms. The summed E-state index contributed by atoms with van der Waals surface area (Å²) in [4.78, 5) is 6.90. The Hall–Kier alpha value is -1.13. The van der Waals surface area contributed by atoms with Gasteiger partial charge in [-0.25, -0.2) is 4.98 Å². The average Bonchev–Trinajstić information content (AvgIpc) is 2.69. The largest absolute Gasteiger partial charge is 0.380 e.